The van der Waals surface area contributed by atoms with E-state index >= 15 is 0 Å². The van der Waals surface area contributed by atoms with Crippen LogP contribution in [0.25, 0.3) is 0 Å². The van der Waals surface area contributed by atoms with E-state index in [4.69, 9.17) is 33.8 Å². The molecule has 2 aromatic rings. The fraction of sp³-hybridized carbons (Fsp3) is 0.125. The quantitative estimate of drug-likeness (QED) is 0.400. The van der Waals surface area contributed by atoms with E-state index in [2.05, 4.69) is 5.16 Å². The van der Waals surface area contributed by atoms with E-state index in [1.165, 1.54) is 0 Å². The Balaban J connectivity index is 2.01. The maximum atomic E-state index is 11.8. The molecule has 0 aliphatic rings. The van der Waals surface area contributed by atoms with Crippen LogP contribution in [-0.4, -0.2) is 11.8 Å². The molecule has 0 unspecified atom stereocenters. The fourth-order valence-corrected chi connectivity index (χ4v) is 2.18. The second kappa shape index (κ2) is 7.29. The van der Waals surface area contributed by atoms with Crippen molar-refractivity contribution in [1.82, 2.24) is 0 Å². The van der Waals surface area contributed by atoms with Gasteiger partial charge in [-0.25, -0.2) is 4.79 Å². The van der Waals surface area contributed by atoms with Gasteiger partial charge in [0, 0.05) is 5.56 Å². The first-order valence-electron chi connectivity index (χ1n) is 6.50. The first kappa shape index (κ1) is 16.3. The normalized spacial score (nSPS) is 11.3. The predicted octanol–water partition coefficient (Wildman–Crippen LogP) is 3.71. The Morgan fingerprint density at radius 1 is 1.18 bits per heavy atom. The highest BCUT2D eigenvalue weighted by atomic mass is 35.5. The standard InChI is InChI=1S/C16H14Cl2N2O2/c1-10-4-2-3-5-12(10)16(19)20-22-15(21)9-11-6-7-13(17)14(18)8-11/h2-8H,9H2,1H3,(H2,19,20). The van der Waals surface area contributed by atoms with Crippen LogP contribution < -0.4 is 5.73 Å². The summed E-state index contributed by atoms with van der Waals surface area (Å²) in [5.74, 6) is -0.379. The van der Waals surface area contributed by atoms with Crippen molar-refractivity contribution in [1.29, 1.82) is 0 Å². The summed E-state index contributed by atoms with van der Waals surface area (Å²) in [5.41, 5.74) is 8.18. The molecule has 0 bridgehead atoms. The van der Waals surface area contributed by atoms with Gasteiger partial charge < -0.3 is 10.6 Å². The zero-order valence-corrected chi connectivity index (χ0v) is 13.4. The third-order valence-corrected chi connectivity index (χ3v) is 3.74. The van der Waals surface area contributed by atoms with Crippen molar-refractivity contribution in [2.75, 3.05) is 0 Å². The lowest BCUT2D eigenvalue weighted by molar-refractivity contribution is -0.142. The third kappa shape index (κ3) is 4.23. The van der Waals surface area contributed by atoms with Gasteiger partial charge in [0.1, 0.15) is 0 Å². The number of nitrogens with zero attached hydrogens (tertiary/aromatic N) is 1. The van der Waals surface area contributed by atoms with E-state index < -0.39 is 5.97 Å². The van der Waals surface area contributed by atoms with Gasteiger partial charge in [0.2, 0.25) is 0 Å². The predicted molar refractivity (Wildman–Crippen MR) is 88.2 cm³/mol. The van der Waals surface area contributed by atoms with Gasteiger partial charge in [0.05, 0.1) is 16.5 Å². The van der Waals surface area contributed by atoms with Crippen LogP contribution in [-0.2, 0) is 16.1 Å². The van der Waals surface area contributed by atoms with Gasteiger partial charge >= 0.3 is 5.97 Å². The monoisotopic (exact) mass is 336 g/mol. The Morgan fingerprint density at radius 2 is 1.91 bits per heavy atom. The van der Waals surface area contributed by atoms with Crippen LogP contribution in [0.3, 0.4) is 0 Å². The molecule has 0 saturated heterocycles. The molecule has 2 N–H and O–H groups in total. The van der Waals surface area contributed by atoms with E-state index in [1.54, 1.807) is 24.3 Å². The van der Waals surface area contributed by atoms with Gasteiger partial charge in [-0.1, -0.05) is 58.7 Å². The minimum atomic E-state index is -0.532. The van der Waals surface area contributed by atoms with Crippen molar-refractivity contribution in [2.24, 2.45) is 10.9 Å². The number of aryl methyl sites for hydroxylation is 1. The highest BCUT2D eigenvalue weighted by molar-refractivity contribution is 6.42. The van der Waals surface area contributed by atoms with Crippen LogP contribution >= 0.6 is 23.2 Å². The molecule has 6 heteroatoms. The Morgan fingerprint density at radius 3 is 2.59 bits per heavy atom. The summed E-state index contributed by atoms with van der Waals surface area (Å²) in [5, 5.41) is 4.49. The molecule has 0 radical (unpaired) electrons. The van der Waals surface area contributed by atoms with Gasteiger partial charge in [-0.05, 0) is 30.2 Å². The van der Waals surface area contributed by atoms with Gasteiger partial charge in [0.15, 0.2) is 5.84 Å². The van der Waals surface area contributed by atoms with Gasteiger partial charge in [-0.15, -0.1) is 0 Å². The zero-order valence-electron chi connectivity index (χ0n) is 11.8. The number of oxime groups is 1. The minimum Gasteiger partial charge on any atom is -0.380 e. The molecule has 0 fully saturated rings. The van der Waals surface area contributed by atoms with Crippen LogP contribution in [0.5, 0.6) is 0 Å². The highest BCUT2D eigenvalue weighted by Crippen LogP contribution is 2.22. The van der Waals surface area contributed by atoms with Crippen LogP contribution in [0.2, 0.25) is 10.0 Å². The Hall–Kier alpha value is -2.04. The minimum absolute atomic E-state index is 0.0292. The van der Waals surface area contributed by atoms with Crippen LogP contribution in [0, 0.1) is 6.92 Å². The van der Waals surface area contributed by atoms with Gasteiger partial charge in [0.25, 0.3) is 0 Å². The van der Waals surface area contributed by atoms with Gasteiger partial charge in [-0.2, -0.15) is 0 Å². The van der Waals surface area contributed by atoms with Crippen molar-refractivity contribution in [3.63, 3.8) is 0 Å². The summed E-state index contributed by atoms with van der Waals surface area (Å²) in [6, 6.07) is 12.4. The molecule has 2 rings (SSSR count). The fourth-order valence-electron chi connectivity index (χ4n) is 1.86. The first-order valence-corrected chi connectivity index (χ1v) is 7.26. The Bertz CT molecular complexity index is 730. The van der Waals surface area contributed by atoms with Crippen molar-refractivity contribution >= 4 is 35.0 Å². The summed E-state index contributed by atoms with van der Waals surface area (Å²) >= 11 is 11.7. The highest BCUT2D eigenvalue weighted by Gasteiger charge is 2.08. The number of hydrogen-bond donors (Lipinski definition) is 1. The second-order valence-electron chi connectivity index (χ2n) is 4.68. The SMILES string of the molecule is Cc1ccccc1C(N)=NOC(=O)Cc1ccc(Cl)c(Cl)c1. The molecule has 22 heavy (non-hydrogen) atoms. The smallest absolute Gasteiger partial charge is 0.339 e. The molecule has 0 aliphatic carbocycles. The van der Waals surface area contributed by atoms with E-state index in [9.17, 15) is 4.79 Å². The summed E-state index contributed by atoms with van der Waals surface area (Å²) < 4.78 is 0. The summed E-state index contributed by atoms with van der Waals surface area (Å²) in [4.78, 5) is 16.6. The number of carbonyl (C=O) groups is 1. The summed E-state index contributed by atoms with van der Waals surface area (Å²) in [6.07, 6.45) is 0.0292. The molecule has 0 aliphatic heterocycles. The summed E-state index contributed by atoms with van der Waals surface area (Å²) in [7, 11) is 0. The lowest BCUT2D eigenvalue weighted by Gasteiger charge is -2.05. The van der Waals surface area contributed by atoms with Crippen LogP contribution in [0.15, 0.2) is 47.6 Å². The average molecular weight is 337 g/mol. The number of carbonyl (C=O) groups excluding carboxylic acids is 1. The maximum absolute atomic E-state index is 11.8. The molecule has 0 amide bonds. The topological polar surface area (TPSA) is 64.7 Å². The zero-order chi connectivity index (χ0) is 16.1. The number of amidine groups is 1. The summed E-state index contributed by atoms with van der Waals surface area (Å²) in [6.45, 7) is 1.90. The number of nitrogens with two attached hydrogens (primary N) is 1. The molecule has 0 spiro atoms. The number of rotatable bonds is 4. The number of hydrogen-bond acceptors (Lipinski definition) is 3. The van der Waals surface area contributed by atoms with Crippen molar-refractivity contribution in [2.45, 2.75) is 13.3 Å². The molecular weight excluding hydrogens is 323 g/mol. The lowest BCUT2D eigenvalue weighted by Crippen LogP contribution is -2.17. The van der Waals surface area contributed by atoms with E-state index in [-0.39, 0.29) is 12.3 Å². The van der Waals surface area contributed by atoms with E-state index in [0.717, 1.165) is 11.1 Å². The number of halogens is 2. The molecule has 0 saturated carbocycles. The molecule has 0 heterocycles. The number of benzene rings is 2. The van der Waals surface area contributed by atoms with Crippen molar-refractivity contribution in [3.8, 4) is 0 Å². The Labute approximate surface area is 138 Å². The molecular formula is C16H14Cl2N2O2. The van der Waals surface area contributed by atoms with E-state index in [0.29, 0.717) is 15.6 Å². The van der Waals surface area contributed by atoms with E-state index in [1.807, 2.05) is 25.1 Å². The first-order chi connectivity index (χ1) is 10.5. The molecule has 114 valence electrons. The Kier molecular flexibility index (Phi) is 5.41. The van der Waals surface area contributed by atoms with Crippen LogP contribution in [0.4, 0.5) is 0 Å². The van der Waals surface area contributed by atoms with Crippen molar-refractivity contribution < 1.29 is 9.63 Å². The third-order valence-electron chi connectivity index (χ3n) is 3.00. The van der Waals surface area contributed by atoms with Gasteiger partial charge in [-0.3, -0.25) is 0 Å². The molecule has 4 nitrogen and oxygen atoms in total. The molecule has 0 aromatic heterocycles. The van der Waals surface area contributed by atoms with Crippen molar-refractivity contribution in [3.05, 3.63) is 69.2 Å². The van der Waals surface area contributed by atoms with Crippen LogP contribution in [0.1, 0.15) is 16.7 Å². The average Bonchev–Trinajstić information content (AvgIpc) is 2.49. The second-order valence-corrected chi connectivity index (χ2v) is 5.49. The molecule has 0 atom stereocenters. The molecule has 2 aromatic carbocycles. The largest absolute Gasteiger partial charge is 0.380 e. The lowest BCUT2D eigenvalue weighted by atomic mass is 10.1. The maximum Gasteiger partial charge on any atom is 0.339 e.